The first-order chi connectivity index (χ1) is 11.5. The summed E-state index contributed by atoms with van der Waals surface area (Å²) in [6.45, 7) is 7.35. The second kappa shape index (κ2) is 7.03. The zero-order valence-corrected chi connectivity index (χ0v) is 15.3. The highest BCUT2D eigenvalue weighted by molar-refractivity contribution is 7.17. The van der Waals surface area contributed by atoms with Crippen LogP contribution in [0.25, 0.3) is 10.6 Å². The first-order valence-electron chi connectivity index (χ1n) is 8.51. The molecule has 2 unspecified atom stereocenters. The molecule has 0 bridgehead atoms. The minimum Gasteiger partial charge on any atom is -0.477 e. The van der Waals surface area contributed by atoms with Gasteiger partial charge in [-0.25, -0.2) is 9.78 Å². The number of nitrogens with zero attached hydrogens (tertiary/aromatic N) is 2. The zero-order valence-electron chi connectivity index (χ0n) is 14.5. The van der Waals surface area contributed by atoms with Crippen LogP contribution >= 0.6 is 11.3 Å². The number of aromatic carboxylic acids is 1. The maximum absolute atomic E-state index is 11.2. The smallest absolute Gasteiger partial charge is 0.347 e. The number of likely N-dealkylation sites (tertiary alicyclic amines) is 1. The van der Waals surface area contributed by atoms with Crippen LogP contribution in [0.3, 0.4) is 0 Å². The van der Waals surface area contributed by atoms with Gasteiger partial charge in [-0.3, -0.25) is 4.90 Å². The molecule has 1 aromatic heterocycles. The van der Waals surface area contributed by atoms with Crippen LogP contribution in [-0.2, 0) is 6.54 Å². The van der Waals surface area contributed by atoms with Gasteiger partial charge >= 0.3 is 5.97 Å². The summed E-state index contributed by atoms with van der Waals surface area (Å²) < 4.78 is 0. The fraction of sp³-hybridized carbons (Fsp3) is 0.474. The topological polar surface area (TPSA) is 53.4 Å². The average molecular weight is 344 g/mol. The van der Waals surface area contributed by atoms with E-state index < -0.39 is 5.97 Å². The van der Waals surface area contributed by atoms with Crippen LogP contribution in [-0.4, -0.2) is 33.0 Å². The third-order valence-electron chi connectivity index (χ3n) is 4.93. The molecule has 128 valence electrons. The molecule has 2 heterocycles. The molecule has 5 heteroatoms. The van der Waals surface area contributed by atoms with Gasteiger partial charge < -0.3 is 5.11 Å². The van der Waals surface area contributed by atoms with Gasteiger partial charge in [-0.1, -0.05) is 30.7 Å². The van der Waals surface area contributed by atoms with Crippen molar-refractivity contribution < 1.29 is 9.90 Å². The lowest BCUT2D eigenvalue weighted by molar-refractivity contribution is 0.0701. The van der Waals surface area contributed by atoms with Crippen LogP contribution < -0.4 is 0 Å². The van der Waals surface area contributed by atoms with Crippen molar-refractivity contribution in [3.63, 3.8) is 0 Å². The summed E-state index contributed by atoms with van der Waals surface area (Å²) in [5.41, 5.74) is 2.87. The predicted molar refractivity (Wildman–Crippen MR) is 97.6 cm³/mol. The second-order valence-electron chi connectivity index (χ2n) is 6.74. The maximum atomic E-state index is 11.2. The average Bonchev–Trinajstić information content (AvgIpc) is 2.94. The summed E-state index contributed by atoms with van der Waals surface area (Å²) in [5, 5.41) is 9.94. The molecule has 1 fully saturated rings. The van der Waals surface area contributed by atoms with Crippen molar-refractivity contribution >= 4 is 17.3 Å². The summed E-state index contributed by atoms with van der Waals surface area (Å²) in [6, 6.07) is 9.65. The summed E-state index contributed by atoms with van der Waals surface area (Å²) >= 11 is 1.24. The number of aryl methyl sites for hydroxylation is 1. The lowest BCUT2D eigenvalue weighted by Crippen LogP contribution is -2.42. The van der Waals surface area contributed by atoms with Crippen LogP contribution in [0.2, 0.25) is 0 Å². The second-order valence-corrected chi connectivity index (χ2v) is 7.74. The molecule has 1 aliphatic heterocycles. The van der Waals surface area contributed by atoms with Crippen LogP contribution in [0.5, 0.6) is 0 Å². The molecule has 1 aliphatic rings. The fourth-order valence-corrected chi connectivity index (χ4v) is 4.38. The Balaban J connectivity index is 1.76. The lowest BCUT2D eigenvalue weighted by atomic mass is 9.96. The van der Waals surface area contributed by atoms with Crippen molar-refractivity contribution in [1.82, 2.24) is 9.88 Å². The third-order valence-corrected chi connectivity index (χ3v) is 6.13. The quantitative estimate of drug-likeness (QED) is 0.882. The summed E-state index contributed by atoms with van der Waals surface area (Å²) in [6.07, 6.45) is 3.88. The molecule has 3 rings (SSSR count). The number of piperidine rings is 1. The van der Waals surface area contributed by atoms with Gasteiger partial charge in [0, 0.05) is 24.2 Å². The van der Waals surface area contributed by atoms with Crippen LogP contribution in [0.1, 0.15) is 54.0 Å². The molecule has 0 radical (unpaired) electrons. The minimum atomic E-state index is -0.902. The number of thiazole rings is 1. The fourth-order valence-electron chi connectivity index (χ4n) is 3.47. The monoisotopic (exact) mass is 344 g/mol. The highest BCUT2D eigenvalue weighted by atomic mass is 32.1. The Kier molecular flexibility index (Phi) is 5.01. The Labute approximate surface area is 147 Å². The molecule has 24 heavy (non-hydrogen) atoms. The van der Waals surface area contributed by atoms with E-state index in [4.69, 9.17) is 5.11 Å². The predicted octanol–water partition coefficient (Wildman–Crippen LogP) is 4.58. The third kappa shape index (κ3) is 3.52. The molecule has 0 saturated carbocycles. The van der Waals surface area contributed by atoms with E-state index in [1.165, 1.54) is 36.2 Å². The number of aromatic nitrogens is 1. The molecular weight excluding hydrogens is 320 g/mol. The Hall–Kier alpha value is -1.72. The number of rotatable bonds is 4. The van der Waals surface area contributed by atoms with E-state index >= 15 is 0 Å². The number of carbonyl (C=O) groups is 1. The van der Waals surface area contributed by atoms with Crippen molar-refractivity contribution in [2.45, 2.75) is 58.7 Å². The molecular formula is C19H24N2O2S. The van der Waals surface area contributed by atoms with Crippen molar-refractivity contribution in [3.8, 4) is 10.6 Å². The Bertz CT molecular complexity index is 713. The van der Waals surface area contributed by atoms with Crippen molar-refractivity contribution in [1.29, 1.82) is 0 Å². The van der Waals surface area contributed by atoms with E-state index in [0.717, 1.165) is 17.1 Å². The van der Waals surface area contributed by atoms with E-state index in [1.54, 1.807) is 6.92 Å². The number of carboxylic acid groups (broad SMARTS) is 1. The Morgan fingerprint density at radius 2 is 1.88 bits per heavy atom. The van der Waals surface area contributed by atoms with Gasteiger partial charge in [0.25, 0.3) is 0 Å². The van der Waals surface area contributed by atoms with Crippen LogP contribution in [0.4, 0.5) is 0 Å². The molecule has 2 atom stereocenters. The maximum Gasteiger partial charge on any atom is 0.347 e. The molecule has 0 aliphatic carbocycles. The molecule has 1 saturated heterocycles. The van der Waals surface area contributed by atoms with E-state index in [9.17, 15) is 4.79 Å². The van der Waals surface area contributed by atoms with Gasteiger partial charge in [-0.15, -0.1) is 11.3 Å². The van der Waals surface area contributed by atoms with Gasteiger partial charge in [0.15, 0.2) is 0 Å². The largest absolute Gasteiger partial charge is 0.477 e. The van der Waals surface area contributed by atoms with Crippen molar-refractivity contribution in [2.24, 2.45) is 0 Å². The number of hydrogen-bond acceptors (Lipinski definition) is 4. The van der Waals surface area contributed by atoms with Crippen LogP contribution in [0.15, 0.2) is 24.3 Å². The van der Waals surface area contributed by atoms with Crippen molar-refractivity contribution in [3.05, 3.63) is 40.4 Å². The summed E-state index contributed by atoms with van der Waals surface area (Å²) in [7, 11) is 0. The van der Waals surface area contributed by atoms with E-state index in [0.29, 0.717) is 22.7 Å². The molecule has 1 aromatic carbocycles. The standard InChI is InChI=1S/C19H24N2O2S/c1-12-5-4-6-13(2)21(12)11-15-7-9-16(10-8-15)18-20-14(3)17(24-18)19(22)23/h7-10,12-13H,4-6,11H2,1-3H3,(H,22,23). The van der Waals surface area contributed by atoms with Gasteiger partial charge in [0.05, 0.1) is 5.69 Å². The molecule has 1 N–H and O–H groups in total. The highest BCUT2D eigenvalue weighted by Crippen LogP contribution is 2.29. The van der Waals surface area contributed by atoms with Gasteiger partial charge in [-0.2, -0.15) is 0 Å². The highest BCUT2D eigenvalue weighted by Gasteiger charge is 2.24. The zero-order chi connectivity index (χ0) is 17.3. The van der Waals surface area contributed by atoms with E-state index in [2.05, 4.69) is 48.0 Å². The minimum absolute atomic E-state index is 0.324. The first-order valence-corrected chi connectivity index (χ1v) is 9.33. The lowest BCUT2D eigenvalue weighted by Gasteiger charge is -2.39. The van der Waals surface area contributed by atoms with E-state index in [-0.39, 0.29) is 0 Å². The van der Waals surface area contributed by atoms with E-state index in [1.807, 2.05) is 0 Å². The SMILES string of the molecule is Cc1nc(-c2ccc(CN3C(C)CCCC3C)cc2)sc1C(=O)O. The Morgan fingerprint density at radius 1 is 1.25 bits per heavy atom. The van der Waals surface area contributed by atoms with Crippen LogP contribution in [0, 0.1) is 6.92 Å². The molecule has 4 nitrogen and oxygen atoms in total. The first kappa shape index (κ1) is 17.1. The van der Waals surface area contributed by atoms with Crippen molar-refractivity contribution in [2.75, 3.05) is 0 Å². The Morgan fingerprint density at radius 3 is 2.42 bits per heavy atom. The van der Waals surface area contributed by atoms with Gasteiger partial charge in [-0.05, 0) is 39.2 Å². The number of carboxylic acids is 1. The number of benzene rings is 1. The summed E-state index contributed by atoms with van der Waals surface area (Å²) in [5.74, 6) is -0.902. The number of hydrogen-bond donors (Lipinski definition) is 1. The molecule has 2 aromatic rings. The van der Waals surface area contributed by atoms with Gasteiger partial charge in [0.1, 0.15) is 9.88 Å². The normalized spacial score (nSPS) is 21.8. The molecule has 0 spiro atoms. The summed E-state index contributed by atoms with van der Waals surface area (Å²) in [4.78, 5) is 18.5. The van der Waals surface area contributed by atoms with Gasteiger partial charge in [0.2, 0.25) is 0 Å². The molecule has 0 amide bonds.